The van der Waals surface area contributed by atoms with Crippen LogP contribution in [0.2, 0.25) is 0 Å². The maximum atomic E-state index is 13.8. The molecular weight excluding hydrogens is 353 g/mol. The van der Waals surface area contributed by atoms with Crippen LogP contribution in [-0.4, -0.2) is 53.9 Å². The first kappa shape index (κ1) is 20.5. The highest BCUT2D eigenvalue weighted by atomic mass is 19.1. The van der Waals surface area contributed by atoms with Crippen LogP contribution >= 0.6 is 0 Å². The summed E-state index contributed by atoms with van der Waals surface area (Å²) in [6.45, 7) is 3.70. The van der Waals surface area contributed by atoms with Gasteiger partial charge in [0, 0.05) is 45.0 Å². The predicted octanol–water partition coefficient (Wildman–Crippen LogP) is 3.57. The Kier molecular flexibility index (Phi) is 7.54. The van der Waals surface area contributed by atoms with Gasteiger partial charge >= 0.3 is 0 Å². The second-order valence-corrected chi connectivity index (χ2v) is 7.75. The van der Waals surface area contributed by atoms with E-state index in [9.17, 15) is 9.18 Å². The van der Waals surface area contributed by atoms with Crippen LogP contribution in [0, 0.1) is 11.7 Å². The number of carbonyl (C=O) groups is 1. The molecular formula is C23H30FN3O. The van der Waals surface area contributed by atoms with Gasteiger partial charge in [0.05, 0.1) is 0 Å². The second kappa shape index (κ2) is 10.3. The smallest absolute Gasteiger partial charge is 0.222 e. The maximum absolute atomic E-state index is 13.8. The van der Waals surface area contributed by atoms with Gasteiger partial charge < -0.3 is 9.80 Å². The van der Waals surface area contributed by atoms with Crippen molar-refractivity contribution >= 4 is 5.91 Å². The summed E-state index contributed by atoms with van der Waals surface area (Å²) in [4.78, 5) is 21.0. The van der Waals surface area contributed by atoms with Gasteiger partial charge in [-0.3, -0.25) is 9.78 Å². The van der Waals surface area contributed by atoms with Gasteiger partial charge in [0.1, 0.15) is 5.82 Å². The molecule has 1 aromatic heterocycles. The van der Waals surface area contributed by atoms with Crippen LogP contribution < -0.4 is 0 Å². The molecule has 1 aliphatic rings. The maximum Gasteiger partial charge on any atom is 0.222 e. The average molecular weight is 384 g/mol. The monoisotopic (exact) mass is 383 g/mol. The van der Waals surface area contributed by atoms with Crippen molar-refractivity contribution in [3.8, 4) is 0 Å². The Morgan fingerprint density at radius 2 is 2.04 bits per heavy atom. The van der Waals surface area contributed by atoms with Gasteiger partial charge in [-0.1, -0.05) is 24.3 Å². The van der Waals surface area contributed by atoms with Crippen LogP contribution in [0.15, 0.2) is 48.7 Å². The Hall–Kier alpha value is -2.27. The molecule has 0 spiro atoms. The Labute approximate surface area is 167 Å². The molecule has 2 aromatic rings. The number of nitrogens with zero attached hydrogens (tertiary/aromatic N) is 3. The summed E-state index contributed by atoms with van der Waals surface area (Å²) in [5.74, 6) is 0.543. The number of hydrogen-bond donors (Lipinski definition) is 0. The number of amides is 1. The third kappa shape index (κ3) is 6.13. The molecule has 0 N–H and O–H groups in total. The van der Waals surface area contributed by atoms with Crippen LogP contribution in [-0.2, 0) is 17.6 Å². The van der Waals surface area contributed by atoms with Crippen LogP contribution in [0.1, 0.15) is 30.5 Å². The molecule has 3 rings (SSSR count). The summed E-state index contributed by atoms with van der Waals surface area (Å²) in [7, 11) is 1.90. The summed E-state index contributed by atoms with van der Waals surface area (Å²) < 4.78 is 13.8. The number of halogens is 1. The molecule has 4 nitrogen and oxygen atoms in total. The number of aromatic nitrogens is 1. The Balaban J connectivity index is 1.42. The van der Waals surface area contributed by atoms with E-state index in [1.165, 1.54) is 6.07 Å². The molecule has 1 atom stereocenters. The first-order chi connectivity index (χ1) is 13.6. The summed E-state index contributed by atoms with van der Waals surface area (Å²) in [6, 6.07) is 12.8. The van der Waals surface area contributed by atoms with E-state index in [-0.39, 0.29) is 11.7 Å². The standard InChI is InChI=1S/C23H30FN3O/c1-26(23(28)12-11-21-9-4-5-14-25-21)17-19-7-6-15-27(18-19)16-13-20-8-2-3-10-22(20)24/h2-5,8-10,14,19H,6-7,11-13,15-18H2,1H3/t19-/m1/s1. The molecule has 28 heavy (non-hydrogen) atoms. The lowest BCUT2D eigenvalue weighted by atomic mass is 9.97. The van der Waals surface area contributed by atoms with E-state index in [1.807, 2.05) is 42.3 Å². The zero-order valence-corrected chi connectivity index (χ0v) is 16.7. The van der Waals surface area contributed by atoms with Crippen molar-refractivity contribution in [2.75, 3.05) is 33.2 Å². The lowest BCUT2D eigenvalue weighted by molar-refractivity contribution is -0.130. The number of carbonyl (C=O) groups excluding carboxylic acids is 1. The van der Waals surface area contributed by atoms with Crippen LogP contribution in [0.4, 0.5) is 4.39 Å². The number of hydrogen-bond acceptors (Lipinski definition) is 3. The van der Waals surface area contributed by atoms with Crippen molar-refractivity contribution in [2.45, 2.75) is 32.1 Å². The van der Waals surface area contributed by atoms with Crippen molar-refractivity contribution < 1.29 is 9.18 Å². The molecule has 0 aliphatic carbocycles. The predicted molar refractivity (Wildman–Crippen MR) is 109 cm³/mol. The fourth-order valence-corrected chi connectivity index (χ4v) is 3.94. The van der Waals surface area contributed by atoms with Crippen LogP contribution in [0.25, 0.3) is 0 Å². The minimum absolute atomic E-state index is 0.116. The van der Waals surface area contributed by atoms with Crippen molar-refractivity contribution in [1.82, 2.24) is 14.8 Å². The van der Waals surface area contributed by atoms with E-state index in [1.54, 1.807) is 12.3 Å². The van der Waals surface area contributed by atoms with E-state index >= 15 is 0 Å². The average Bonchev–Trinajstić information content (AvgIpc) is 2.72. The summed E-state index contributed by atoms with van der Waals surface area (Å²) in [5.41, 5.74) is 1.74. The van der Waals surface area contributed by atoms with E-state index < -0.39 is 0 Å². The molecule has 0 unspecified atom stereocenters. The molecule has 1 saturated heterocycles. The summed E-state index contributed by atoms with van der Waals surface area (Å²) in [5, 5.41) is 0. The van der Waals surface area contributed by atoms with E-state index in [4.69, 9.17) is 0 Å². The normalized spacial score (nSPS) is 17.4. The second-order valence-electron chi connectivity index (χ2n) is 7.75. The van der Waals surface area contributed by atoms with Crippen molar-refractivity contribution in [2.24, 2.45) is 5.92 Å². The Morgan fingerprint density at radius 1 is 1.21 bits per heavy atom. The largest absolute Gasteiger partial charge is 0.345 e. The molecule has 5 heteroatoms. The third-order valence-corrected chi connectivity index (χ3v) is 5.54. The van der Waals surface area contributed by atoms with Gasteiger partial charge in [-0.15, -0.1) is 0 Å². The van der Waals surface area contributed by atoms with Gasteiger partial charge in [0.25, 0.3) is 0 Å². The molecule has 0 bridgehead atoms. The lowest BCUT2D eigenvalue weighted by Gasteiger charge is -2.34. The van der Waals surface area contributed by atoms with Crippen LogP contribution in [0.3, 0.4) is 0 Å². The number of likely N-dealkylation sites (tertiary alicyclic amines) is 1. The topological polar surface area (TPSA) is 36.4 Å². The molecule has 0 saturated carbocycles. The molecule has 1 aliphatic heterocycles. The lowest BCUT2D eigenvalue weighted by Crippen LogP contribution is -2.42. The minimum Gasteiger partial charge on any atom is -0.345 e. The Morgan fingerprint density at radius 3 is 2.82 bits per heavy atom. The molecule has 1 fully saturated rings. The van der Waals surface area contributed by atoms with Gasteiger partial charge in [0.2, 0.25) is 5.91 Å². The SMILES string of the molecule is CN(C[C@H]1CCCN(CCc2ccccc2F)C1)C(=O)CCc1ccccn1. The number of aryl methyl sites for hydroxylation is 1. The highest BCUT2D eigenvalue weighted by molar-refractivity contribution is 5.76. The quantitative estimate of drug-likeness (QED) is 0.699. The van der Waals surface area contributed by atoms with Crippen molar-refractivity contribution in [3.05, 3.63) is 65.7 Å². The van der Waals surface area contributed by atoms with E-state index in [0.717, 1.165) is 56.7 Å². The Bertz CT molecular complexity index is 753. The van der Waals surface area contributed by atoms with Gasteiger partial charge in [-0.25, -0.2) is 4.39 Å². The first-order valence-corrected chi connectivity index (χ1v) is 10.2. The zero-order chi connectivity index (χ0) is 19.8. The molecule has 150 valence electrons. The molecule has 1 amide bonds. The van der Waals surface area contributed by atoms with Crippen molar-refractivity contribution in [1.29, 1.82) is 0 Å². The van der Waals surface area contributed by atoms with E-state index in [0.29, 0.717) is 18.8 Å². The highest BCUT2D eigenvalue weighted by Gasteiger charge is 2.22. The summed E-state index contributed by atoms with van der Waals surface area (Å²) >= 11 is 0. The molecule has 1 aromatic carbocycles. The van der Waals surface area contributed by atoms with Crippen molar-refractivity contribution in [3.63, 3.8) is 0 Å². The number of pyridine rings is 1. The zero-order valence-electron chi connectivity index (χ0n) is 16.7. The highest BCUT2D eigenvalue weighted by Crippen LogP contribution is 2.19. The molecule has 2 heterocycles. The molecule has 0 radical (unpaired) electrons. The van der Waals surface area contributed by atoms with Gasteiger partial charge in [-0.05, 0) is 61.9 Å². The fraction of sp³-hybridized carbons (Fsp3) is 0.478. The van der Waals surface area contributed by atoms with Gasteiger partial charge in [-0.2, -0.15) is 0 Å². The van der Waals surface area contributed by atoms with E-state index in [2.05, 4.69) is 9.88 Å². The third-order valence-electron chi connectivity index (χ3n) is 5.54. The first-order valence-electron chi connectivity index (χ1n) is 10.2. The van der Waals surface area contributed by atoms with Gasteiger partial charge in [0.15, 0.2) is 0 Å². The number of benzene rings is 1. The minimum atomic E-state index is -0.116. The van der Waals surface area contributed by atoms with Crippen LogP contribution in [0.5, 0.6) is 0 Å². The fourth-order valence-electron chi connectivity index (χ4n) is 3.94. The number of piperidine rings is 1. The summed E-state index contributed by atoms with van der Waals surface area (Å²) in [6.07, 6.45) is 5.96. The number of rotatable bonds is 8.